The number of piperidine rings is 1. The van der Waals surface area contributed by atoms with Crippen molar-refractivity contribution in [3.05, 3.63) is 28.5 Å². The minimum atomic E-state index is -0.816. The van der Waals surface area contributed by atoms with E-state index in [1.165, 1.54) is 12.8 Å². The Balaban J connectivity index is 1.88. The topological polar surface area (TPSA) is 24.0 Å². The number of fused-ring (bicyclic) bond motifs is 2. The number of aromatic amines is 1. The summed E-state index contributed by atoms with van der Waals surface area (Å²) in [6.45, 7) is 2.12. The van der Waals surface area contributed by atoms with Gasteiger partial charge in [-0.3, -0.25) is 4.90 Å². The smallest absolute Gasteiger partial charge is 0.184 e. The first-order valence-electron chi connectivity index (χ1n) is 7.49. The molecule has 1 aromatic carbocycles. The molecule has 0 radical (unpaired) electrons. The van der Waals surface area contributed by atoms with Gasteiger partial charge in [-0.1, -0.05) is 6.42 Å². The fourth-order valence-electron chi connectivity index (χ4n) is 3.99. The van der Waals surface area contributed by atoms with E-state index in [9.17, 15) is 8.78 Å². The molecule has 0 amide bonds. The molecule has 112 valence electrons. The molecule has 1 N–H and O–H groups in total. The highest BCUT2D eigenvalue weighted by Gasteiger charge is 2.37. The quantitative estimate of drug-likeness (QED) is 0.811. The van der Waals surface area contributed by atoms with Gasteiger partial charge in [-0.05, 0) is 50.2 Å². The zero-order valence-electron chi connectivity index (χ0n) is 11.6. The third kappa shape index (κ3) is 1.96. The van der Waals surface area contributed by atoms with Gasteiger partial charge in [-0.2, -0.15) is 0 Å². The van der Waals surface area contributed by atoms with Gasteiger partial charge >= 0.3 is 0 Å². The van der Waals surface area contributed by atoms with Crippen molar-refractivity contribution < 1.29 is 8.78 Å². The van der Waals surface area contributed by atoms with Crippen molar-refractivity contribution in [2.75, 3.05) is 13.1 Å². The van der Waals surface area contributed by atoms with E-state index in [1.807, 2.05) is 4.57 Å². The average molecular weight is 309 g/mol. The van der Waals surface area contributed by atoms with Crippen LogP contribution in [-0.4, -0.2) is 33.6 Å². The highest BCUT2D eigenvalue weighted by molar-refractivity contribution is 7.71. The zero-order valence-corrected chi connectivity index (χ0v) is 12.4. The normalized spacial score (nSPS) is 26.4. The van der Waals surface area contributed by atoms with Gasteiger partial charge in [0.1, 0.15) is 5.52 Å². The predicted octanol–water partition coefficient (Wildman–Crippen LogP) is 3.78. The van der Waals surface area contributed by atoms with E-state index >= 15 is 0 Å². The summed E-state index contributed by atoms with van der Waals surface area (Å²) in [5.74, 6) is -1.61. The molecule has 3 heterocycles. The van der Waals surface area contributed by atoms with Gasteiger partial charge in [0.05, 0.1) is 11.6 Å². The number of nitrogens with zero attached hydrogens (tertiary/aromatic N) is 2. The van der Waals surface area contributed by atoms with Gasteiger partial charge in [-0.15, -0.1) is 0 Å². The molecule has 4 rings (SSSR count). The Kier molecular flexibility index (Phi) is 3.11. The van der Waals surface area contributed by atoms with Gasteiger partial charge in [-0.25, -0.2) is 8.78 Å². The minimum Gasteiger partial charge on any atom is -0.330 e. The molecule has 2 aliphatic heterocycles. The maximum atomic E-state index is 14.3. The Morgan fingerprint density at radius 1 is 1.10 bits per heavy atom. The van der Waals surface area contributed by atoms with Crippen molar-refractivity contribution in [3.8, 4) is 0 Å². The summed E-state index contributed by atoms with van der Waals surface area (Å²) in [4.78, 5) is 5.48. The summed E-state index contributed by atoms with van der Waals surface area (Å²) in [7, 11) is 0. The number of benzene rings is 1. The van der Waals surface area contributed by atoms with E-state index in [2.05, 4.69) is 9.88 Å². The molecule has 21 heavy (non-hydrogen) atoms. The first kappa shape index (κ1) is 13.4. The Hall–Kier alpha value is -1.27. The number of H-pyrrole nitrogens is 1. The van der Waals surface area contributed by atoms with Crippen molar-refractivity contribution in [1.82, 2.24) is 14.5 Å². The lowest BCUT2D eigenvalue weighted by Gasteiger charge is -2.33. The SMILES string of the molecule is Fc1ccc2[nH]c(=S)n(C3CCN4CCCCC34)c2c1F. The van der Waals surface area contributed by atoms with Crippen LogP contribution >= 0.6 is 12.2 Å². The largest absolute Gasteiger partial charge is 0.330 e. The summed E-state index contributed by atoms with van der Waals surface area (Å²) < 4.78 is 30.2. The zero-order chi connectivity index (χ0) is 14.6. The number of hydrogen-bond donors (Lipinski definition) is 1. The number of aromatic nitrogens is 2. The highest BCUT2D eigenvalue weighted by atomic mass is 32.1. The number of imidazole rings is 1. The van der Waals surface area contributed by atoms with Crippen molar-refractivity contribution >= 4 is 23.3 Å². The average Bonchev–Trinajstić information content (AvgIpc) is 3.04. The minimum absolute atomic E-state index is 0.142. The van der Waals surface area contributed by atoms with Crippen LogP contribution in [-0.2, 0) is 0 Å². The van der Waals surface area contributed by atoms with E-state index in [-0.39, 0.29) is 11.6 Å². The second kappa shape index (κ2) is 4.88. The van der Waals surface area contributed by atoms with Gasteiger partial charge < -0.3 is 9.55 Å². The standard InChI is InChI=1S/C15H17F2N3S/c16-9-4-5-10-14(13(9)17)20(15(21)18-10)12-6-8-19-7-2-1-3-11(12)19/h4-5,11-12H,1-3,6-8H2,(H,18,21). The van der Waals surface area contributed by atoms with Crippen LogP contribution in [0.5, 0.6) is 0 Å². The molecule has 0 bridgehead atoms. The van der Waals surface area contributed by atoms with Gasteiger partial charge in [0, 0.05) is 12.6 Å². The lowest BCUT2D eigenvalue weighted by atomic mass is 9.99. The third-order valence-electron chi connectivity index (χ3n) is 4.92. The molecule has 2 saturated heterocycles. The first-order valence-corrected chi connectivity index (χ1v) is 7.90. The number of rotatable bonds is 1. The lowest BCUT2D eigenvalue weighted by Crippen LogP contribution is -2.37. The Morgan fingerprint density at radius 2 is 1.95 bits per heavy atom. The summed E-state index contributed by atoms with van der Waals surface area (Å²) in [6, 6.07) is 3.25. The molecule has 3 nitrogen and oxygen atoms in total. The van der Waals surface area contributed by atoms with E-state index in [0.717, 1.165) is 32.0 Å². The van der Waals surface area contributed by atoms with Crippen molar-refractivity contribution in [1.29, 1.82) is 0 Å². The highest BCUT2D eigenvalue weighted by Crippen LogP contribution is 2.37. The molecule has 1 aromatic heterocycles. The van der Waals surface area contributed by atoms with Crippen LogP contribution in [0.3, 0.4) is 0 Å². The molecule has 2 aliphatic rings. The van der Waals surface area contributed by atoms with Crippen LogP contribution in [0.25, 0.3) is 11.0 Å². The molecular formula is C15H17F2N3S. The van der Waals surface area contributed by atoms with E-state index in [1.54, 1.807) is 6.07 Å². The second-order valence-electron chi connectivity index (χ2n) is 6.01. The molecule has 2 fully saturated rings. The van der Waals surface area contributed by atoms with E-state index in [4.69, 9.17) is 12.2 Å². The van der Waals surface area contributed by atoms with Crippen molar-refractivity contribution in [3.63, 3.8) is 0 Å². The molecule has 2 atom stereocenters. The fourth-order valence-corrected chi connectivity index (χ4v) is 4.33. The molecule has 2 unspecified atom stereocenters. The molecule has 2 aromatic rings. The van der Waals surface area contributed by atoms with Crippen LogP contribution in [0.2, 0.25) is 0 Å². The number of halogens is 2. The van der Waals surface area contributed by atoms with E-state index < -0.39 is 11.6 Å². The van der Waals surface area contributed by atoms with Crippen molar-refractivity contribution in [2.45, 2.75) is 37.8 Å². The van der Waals surface area contributed by atoms with Crippen LogP contribution in [0, 0.1) is 16.4 Å². The second-order valence-corrected chi connectivity index (χ2v) is 6.40. The number of hydrogen-bond acceptors (Lipinski definition) is 2. The monoisotopic (exact) mass is 309 g/mol. The Bertz CT molecular complexity index is 751. The Morgan fingerprint density at radius 3 is 2.81 bits per heavy atom. The van der Waals surface area contributed by atoms with Crippen LogP contribution in [0.4, 0.5) is 8.78 Å². The fraction of sp³-hybridized carbons (Fsp3) is 0.533. The molecule has 0 spiro atoms. The van der Waals surface area contributed by atoms with Crippen molar-refractivity contribution in [2.24, 2.45) is 0 Å². The summed E-state index contributed by atoms with van der Waals surface area (Å²) >= 11 is 5.39. The third-order valence-corrected chi connectivity index (χ3v) is 5.22. The maximum Gasteiger partial charge on any atom is 0.184 e. The first-order chi connectivity index (χ1) is 10.2. The number of nitrogens with one attached hydrogen (secondary N) is 1. The van der Waals surface area contributed by atoms with Crippen LogP contribution in [0.1, 0.15) is 31.7 Å². The molecule has 0 saturated carbocycles. The van der Waals surface area contributed by atoms with Gasteiger partial charge in [0.2, 0.25) is 0 Å². The predicted molar refractivity (Wildman–Crippen MR) is 79.9 cm³/mol. The summed E-state index contributed by atoms with van der Waals surface area (Å²) in [5.41, 5.74) is 0.866. The van der Waals surface area contributed by atoms with E-state index in [0.29, 0.717) is 16.3 Å². The Labute approximate surface area is 126 Å². The lowest BCUT2D eigenvalue weighted by molar-refractivity contribution is 0.174. The van der Waals surface area contributed by atoms with Crippen LogP contribution < -0.4 is 0 Å². The summed E-state index contributed by atoms with van der Waals surface area (Å²) in [6.07, 6.45) is 4.48. The van der Waals surface area contributed by atoms with Gasteiger partial charge in [0.25, 0.3) is 0 Å². The molecular weight excluding hydrogens is 292 g/mol. The molecule has 0 aliphatic carbocycles. The van der Waals surface area contributed by atoms with Gasteiger partial charge in [0.15, 0.2) is 16.4 Å². The van der Waals surface area contributed by atoms with Crippen LogP contribution in [0.15, 0.2) is 12.1 Å². The maximum absolute atomic E-state index is 14.3. The summed E-state index contributed by atoms with van der Waals surface area (Å²) in [5, 5.41) is 0. The molecule has 6 heteroatoms.